The predicted octanol–water partition coefficient (Wildman–Crippen LogP) is 3.75. The lowest BCUT2D eigenvalue weighted by molar-refractivity contribution is 0.142. The van der Waals surface area contributed by atoms with Gasteiger partial charge in [0.25, 0.3) is 0 Å². The van der Waals surface area contributed by atoms with E-state index < -0.39 is 0 Å². The minimum atomic E-state index is -0.0412. The first-order valence-corrected chi connectivity index (χ1v) is 5.88. The molecular weight excluding hydrogens is 160 g/mol. The highest BCUT2D eigenvalue weighted by Crippen LogP contribution is 2.14. The fourth-order valence-corrected chi connectivity index (χ4v) is 1.46. The molecule has 0 saturated carbocycles. The molecule has 0 heterocycles. The monoisotopic (exact) mass is 186 g/mol. The van der Waals surface area contributed by atoms with Gasteiger partial charge in [0.1, 0.15) is 0 Å². The van der Waals surface area contributed by atoms with Crippen LogP contribution in [0.3, 0.4) is 0 Å². The molecule has 1 N–H and O–H groups in total. The van der Waals surface area contributed by atoms with Gasteiger partial charge in [0.2, 0.25) is 0 Å². The molecular formula is C12H26O. The van der Waals surface area contributed by atoms with Crippen LogP contribution in [0, 0.1) is 5.92 Å². The minimum Gasteiger partial charge on any atom is -0.393 e. The molecule has 0 spiro atoms. The smallest absolute Gasteiger partial charge is 0.0540 e. The predicted molar refractivity (Wildman–Crippen MR) is 58.8 cm³/mol. The van der Waals surface area contributed by atoms with Crippen molar-refractivity contribution in [2.24, 2.45) is 5.92 Å². The molecule has 0 amide bonds. The Morgan fingerprint density at radius 1 is 1.00 bits per heavy atom. The summed E-state index contributed by atoms with van der Waals surface area (Å²) in [6.07, 6.45) is 8.09. The molecule has 80 valence electrons. The Hall–Kier alpha value is -0.0400. The first kappa shape index (κ1) is 13.0. The Labute approximate surface area is 83.5 Å². The lowest BCUT2D eigenvalue weighted by Crippen LogP contribution is -2.08. The Kier molecular flexibility index (Phi) is 8.53. The molecule has 0 aromatic heterocycles. The van der Waals surface area contributed by atoms with E-state index in [1.165, 1.54) is 32.1 Å². The zero-order valence-electron chi connectivity index (χ0n) is 9.55. The van der Waals surface area contributed by atoms with Gasteiger partial charge in [0.15, 0.2) is 0 Å². The van der Waals surface area contributed by atoms with Crippen LogP contribution in [-0.2, 0) is 0 Å². The van der Waals surface area contributed by atoms with Gasteiger partial charge in [0.05, 0.1) is 6.10 Å². The van der Waals surface area contributed by atoms with Crippen LogP contribution >= 0.6 is 0 Å². The SMILES string of the molecule is CCCCC[C@H](O)CC[C@H](C)CC. The maximum absolute atomic E-state index is 9.62. The van der Waals surface area contributed by atoms with Crippen molar-refractivity contribution in [1.29, 1.82) is 0 Å². The largest absolute Gasteiger partial charge is 0.393 e. The summed E-state index contributed by atoms with van der Waals surface area (Å²) in [6, 6.07) is 0. The maximum atomic E-state index is 9.62. The maximum Gasteiger partial charge on any atom is 0.0540 e. The summed E-state index contributed by atoms with van der Waals surface area (Å²) in [5.41, 5.74) is 0. The third-order valence-electron chi connectivity index (χ3n) is 2.83. The van der Waals surface area contributed by atoms with Crippen LogP contribution in [-0.4, -0.2) is 11.2 Å². The molecule has 1 nitrogen and oxygen atoms in total. The van der Waals surface area contributed by atoms with E-state index in [0.717, 1.165) is 18.8 Å². The summed E-state index contributed by atoms with van der Waals surface area (Å²) in [7, 11) is 0. The fraction of sp³-hybridized carbons (Fsp3) is 1.00. The van der Waals surface area contributed by atoms with Gasteiger partial charge in [0, 0.05) is 0 Å². The van der Waals surface area contributed by atoms with Crippen molar-refractivity contribution in [1.82, 2.24) is 0 Å². The molecule has 0 aliphatic carbocycles. The van der Waals surface area contributed by atoms with Gasteiger partial charge in [-0.3, -0.25) is 0 Å². The second-order valence-electron chi connectivity index (χ2n) is 4.24. The summed E-state index contributed by atoms with van der Waals surface area (Å²) in [5, 5.41) is 9.62. The van der Waals surface area contributed by atoms with Crippen LogP contribution in [0.25, 0.3) is 0 Å². The van der Waals surface area contributed by atoms with Gasteiger partial charge in [-0.2, -0.15) is 0 Å². The molecule has 0 saturated heterocycles. The number of aliphatic hydroxyl groups excluding tert-OH is 1. The molecule has 0 unspecified atom stereocenters. The molecule has 0 bridgehead atoms. The van der Waals surface area contributed by atoms with E-state index in [2.05, 4.69) is 20.8 Å². The van der Waals surface area contributed by atoms with Crippen molar-refractivity contribution in [3.05, 3.63) is 0 Å². The Bertz CT molecular complexity index is 101. The van der Waals surface area contributed by atoms with Crippen LogP contribution in [0.5, 0.6) is 0 Å². The van der Waals surface area contributed by atoms with Crippen molar-refractivity contribution >= 4 is 0 Å². The highest BCUT2D eigenvalue weighted by Gasteiger charge is 2.06. The molecule has 0 aliphatic heterocycles. The van der Waals surface area contributed by atoms with Crippen molar-refractivity contribution < 1.29 is 5.11 Å². The van der Waals surface area contributed by atoms with Gasteiger partial charge in [-0.05, 0) is 25.2 Å². The van der Waals surface area contributed by atoms with Crippen molar-refractivity contribution in [2.75, 3.05) is 0 Å². The van der Waals surface area contributed by atoms with E-state index in [4.69, 9.17) is 0 Å². The fourth-order valence-electron chi connectivity index (χ4n) is 1.46. The van der Waals surface area contributed by atoms with E-state index in [-0.39, 0.29) is 6.10 Å². The lowest BCUT2D eigenvalue weighted by atomic mass is 9.98. The zero-order chi connectivity index (χ0) is 10.1. The molecule has 0 aliphatic rings. The number of hydrogen-bond acceptors (Lipinski definition) is 1. The molecule has 1 heteroatoms. The number of hydrogen-bond donors (Lipinski definition) is 1. The average Bonchev–Trinajstić information content (AvgIpc) is 2.14. The Morgan fingerprint density at radius 2 is 1.69 bits per heavy atom. The van der Waals surface area contributed by atoms with Crippen molar-refractivity contribution in [3.8, 4) is 0 Å². The average molecular weight is 186 g/mol. The van der Waals surface area contributed by atoms with Crippen molar-refractivity contribution in [2.45, 2.75) is 71.8 Å². The van der Waals surface area contributed by atoms with Gasteiger partial charge in [-0.25, -0.2) is 0 Å². The molecule has 2 atom stereocenters. The first-order chi connectivity index (χ1) is 6.20. The summed E-state index contributed by atoms with van der Waals surface area (Å²) in [5.74, 6) is 0.779. The summed E-state index contributed by atoms with van der Waals surface area (Å²) in [6.45, 7) is 6.68. The van der Waals surface area contributed by atoms with Crippen LogP contribution in [0.1, 0.15) is 65.7 Å². The quantitative estimate of drug-likeness (QED) is 0.572. The second kappa shape index (κ2) is 8.55. The topological polar surface area (TPSA) is 20.2 Å². The molecule has 0 aromatic carbocycles. The number of rotatable bonds is 8. The standard InChI is InChI=1S/C12H26O/c1-4-6-7-8-12(13)10-9-11(3)5-2/h11-13H,4-10H2,1-3H3/t11-,12+/m1/s1. The lowest BCUT2D eigenvalue weighted by Gasteiger charge is -2.13. The molecule has 0 radical (unpaired) electrons. The van der Waals surface area contributed by atoms with E-state index in [1.807, 2.05) is 0 Å². The van der Waals surface area contributed by atoms with E-state index in [0.29, 0.717) is 0 Å². The summed E-state index contributed by atoms with van der Waals surface area (Å²) < 4.78 is 0. The third kappa shape index (κ3) is 8.29. The van der Waals surface area contributed by atoms with Gasteiger partial charge in [-0.1, -0.05) is 46.5 Å². The highest BCUT2D eigenvalue weighted by molar-refractivity contribution is 4.59. The van der Waals surface area contributed by atoms with Crippen LogP contribution in [0.4, 0.5) is 0 Å². The highest BCUT2D eigenvalue weighted by atomic mass is 16.3. The van der Waals surface area contributed by atoms with E-state index in [1.54, 1.807) is 0 Å². The normalized spacial score (nSPS) is 15.7. The van der Waals surface area contributed by atoms with Gasteiger partial charge < -0.3 is 5.11 Å². The second-order valence-corrected chi connectivity index (χ2v) is 4.24. The molecule has 0 aromatic rings. The van der Waals surface area contributed by atoms with E-state index in [9.17, 15) is 5.11 Å². The Balaban J connectivity index is 3.24. The summed E-state index contributed by atoms with van der Waals surface area (Å²) >= 11 is 0. The number of unbranched alkanes of at least 4 members (excludes halogenated alkanes) is 2. The molecule has 0 fully saturated rings. The molecule has 0 rings (SSSR count). The van der Waals surface area contributed by atoms with E-state index >= 15 is 0 Å². The minimum absolute atomic E-state index is 0.0412. The first-order valence-electron chi connectivity index (χ1n) is 5.88. The van der Waals surface area contributed by atoms with Crippen LogP contribution in [0.15, 0.2) is 0 Å². The van der Waals surface area contributed by atoms with Crippen molar-refractivity contribution in [3.63, 3.8) is 0 Å². The molecule has 13 heavy (non-hydrogen) atoms. The van der Waals surface area contributed by atoms with Gasteiger partial charge in [-0.15, -0.1) is 0 Å². The van der Waals surface area contributed by atoms with Gasteiger partial charge >= 0.3 is 0 Å². The van der Waals surface area contributed by atoms with Crippen LogP contribution < -0.4 is 0 Å². The zero-order valence-corrected chi connectivity index (χ0v) is 9.55. The van der Waals surface area contributed by atoms with Crippen LogP contribution in [0.2, 0.25) is 0 Å². The Morgan fingerprint density at radius 3 is 2.23 bits per heavy atom. The number of aliphatic hydroxyl groups is 1. The third-order valence-corrected chi connectivity index (χ3v) is 2.83. The summed E-state index contributed by atoms with van der Waals surface area (Å²) in [4.78, 5) is 0.